The third kappa shape index (κ3) is 3.68. The lowest BCUT2D eigenvalue weighted by Gasteiger charge is -2.14. The molecule has 0 aliphatic carbocycles. The molecule has 0 saturated carbocycles. The minimum absolute atomic E-state index is 0.0487. The predicted octanol–water partition coefficient (Wildman–Crippen LogP) is 2.68. The molecule has 2 aromatic rings. The second kappa shape index (κ2) is 6.20. The monoisotopic (exact) mass is 274 g/mol. The van der Waals surface area contributed by atoms with Crippen LogP contribution in [0.2, 0.25) is 0 Å². The normalized spacial score (nSPS) is 11.8. The summed E-state index contributed by atoms with van der Waals surface area (Å²) in [4.78, 5) is 0. The number of nitrogens with zero attached hydrogens (tertiary/aromatic N) is 2. The fraction of sp³-hybridized carbons (Fsp3) is 0.438. The molecule has 0 bridgehead atoms. The Balaban J connectivity index is 2.16. The summed E-state index contributed by atoms with van der Waals surface area (Å²) in [5.74, 6) is 0. The summed E-state index contributed by atoms with van der Waals surface area (Å²) < 4.78 is 7.22. The largest absolute Gasteiger partial charge is 0.394 e. The van der Waals surface area contributed by atoms with Crippen molar-refractivity contribution in [3.8, 4) is 5.69 Å². The summed E-state index contributed by atoms with van der Waals surface area (Å²) in [6, 6.07) is 10.1. The lowest BCUT2D eigenvalue weighted by atomic mass is 9.93. The minimum Gasteiger partial charge on any atom is -0.394 e. The summed E-state index contributed by atoms with van der Waals surface area (Å²) in [5.41, 5.74) is 3.21. The van der Waals surface area contributed by atoms with E-state index < -0.39 is 0 Å². The van der Waals surface area contributed by atoms with E-state index in [4.69, 9.17) is 9.84 Å². The molecule has 1 aromatic carbocycles. The van der Waals surface area contributed by atoms with Gasteiger partial charge < -0.3 is 9.84 Å². The van der Waals surface area contributed by atoms with Gasteiger partial charge in [-0.25, -0.2) is 4.68 Å². The zero-order valence-corrected chi connectivity index (χ0v) is 12.3. The van der Waals surface area contributed by atoms with Gasteiger partial charge in [0.05, 0.1) is 31.2 Å². The Labute approximate surface area is 120 Å². The van der Waals surface area contributed by atoms with E-state index in [0.717, 1.165) is 16.9 Å². The van der Waals surface area contributed by atoms with Crippen molar-refractivity contribution in [2.24, 2.45) is 0 Å². The fourth-order valence-corrected chi connectivity index (χ4v) is 1.91. The average Bonchev–Trinajstić information content (AvgIpc) is 2.89. The van der Waals surface area contributed by atoms with Gasteiger partial charge in [0.25, 0.3) is 0 Å². The van der Waals surface area contributed by atoms with Crippen LogP contribution in [0.3, 0.4) is 0 Å². The molecule has 1 aromatic heterocycles. The van der Waals surface area contributed by atoms with Gasteiger partial charge in [0.2, 0.25) is 0 Å². The van der Waals surface area contributed by atoms with Gasteiger partial charge in [-0.3, -0.25) is 0 Å². The average molecular weight is 274 g/mol. The first-order valence-corrected chi connectivity index (χ1v) is 6.85. The first-order chi connectivity index (χ1) is 9.50. The smallest absolute Gasteiger partial charge is 0.0718 e. The molecule has 4 nitrogen and oxygen atoms in total. The first kappa shape index (κ1) is 14.8. The van der Waals surface area contributed by atoms with Crippen molar-refractivity contribution in [2.75, 3.05) is 13.2 Å². The van der Waals surface area contributed by atoms with Gasteiger partial charge in [-0.05, 0) is 23.8 Å². The Morgan fingerprint density at radius 1 is 1.25 bits per heavy atom. The summed E-state index contributed by atoms with van der Waals surface area (Å²) in [7, 11) is 0. The molecule has 20 heavy (non-hydrogen) atoms. The molecule has 0 fully saturated rings. The maximum absolute atomic E-state index is 8.72. The van der Waals surface area contributed by atoms with Gasteiger partial charge in [0.15, 0.2) is 0 Å². The van der Waals surface area contributed by atoms with Gasteiger partial charge in [0, 0.05) is 11.6 Å². The molecular formula is C16H22N2O2. The molecule has 0 saturated heterocycles. The van der Waals surface area contributed by atoms with Gasteiger partial charge in [-0.15, -0.1) is 0 Å². The summed E-state index contributed by atoms with van der Waals surface area (Å²) in [5, 5.41) is 13.3. The Morgan fingerprint density at radius 3 is 2.70 bits per heavy atom. The molecule has 1 N–H and O–H groups in total. The molecule has 0 spiro atoms. The second-order valence-corrected chi connectivity index (χ2v) is 5.84. The van der Waals surface area contributed by atoms with Crippen molar-refractivity contribution < 1.29 is 9.84 Å². The zero-order valence-electron chi connectivity index (χ0n) is 12.3. The molecule has 0 unspecified atom stereocenters. The van der Waals surface area contributed by atoms with Crippen LogP contribution in [0.1, 0.15) is 32.0 Å². The van der Waals surface area contributed by atoms with Crippen molar-refractivity contribution in [2.45, 2.75) is 32.8 Å². The number of ether oxygens (including phenoxy) is 1. The number of benzene rings is 1. The van der Waals surface area contributed by atoms with Crippen LogP contribution in [0.4, 0.5) is 0 Å². The van der Waals surface area contributed by atoms with Crippen LogP contribution in [0, 0.1) is 0 Å². The van der Waals surface area contributed by atoms with E-state index in [-0.39, 0.29) is 12.0 Å². The summed E-state index contributed by atoms with van der Waals surface area (Å²) in [6.07, 6.45) is 1.98. The molecule has 1 heterocycles. The molecule has 2 rings (SSSR count). The highest BCUT2D eigenvalue weighted by molar-refractivity contribution is 5.35. The lowest BCUT2D eigenvalue weighted by molar-refractivity contribution is 0.0815. The van der Waals surface area contributed by atoms with Crippen molar-refractivity contribution in [1.82, 2.24) is 9.78 Å². The summed E-state index contributed by atoms with van der Waals surface area (Å²) >= 11 is 0. The Hall–Kier alpha value is -1.65. The van der Waals surface area contributed by atoms with Crippen LogP contribution in [-0.2, 0) is 16.8 Å². The van der Waals surface area contributed by atoms with Crippen molar-refractivity contribution >= 4 is 0 Å². The van der Waals surface area contributed by atoms with E-state index in [0.29, 0.717) is 13.2 Å². The van der Waals surface area contributed by atoms with Crippen LogP contribution in [-0.4, -0.2) is 28.1 Å². The molecular weight excluding hydrogens is 252 g/mol. The van der Waals surface area contributed by atoms with Crippen molar-refractivity contribution in [3.05, 3.63) is 47.8 Å². The number of aliphatic hydroxyl groups is 1. The van der Waals surface area contributed by atoms with Gasteiger partial charge in [-0.1, -0.05) is 32.9 Å². The fourth-order valence-electron chi connectivity index (χ4n) is 1.91. The zero-order chi connectivity index (χ0) is 14.6. The predicted molar refractivity (Wildman–Crippen MR) is 79.0 cm³/mol. The van der Waals surface area contributed by atoms with E-state index in [9.17, 15) is 0 Å². The standard InChI is InChI=1S/C16H22N2O2/c1-16(2,3)15-7-8-18(17-15)14-6-4-5-13(11-14)12-20-10-9-19/h4-8,11,19H,9-10,12H2,1-3H3. The third-order valence-corrected chi connectivity index (χ3v) is 3.04. The van der Waals surface area contributed by atoms with E-state index in [1.165, 1.54) is 0 Å². The Kier molecular flexibility index (Phi) is 4.57. The maximum atomic E-state index is 8.72. The van der Waals surface area contributed by atoms with Gasteiger partial charge in [0.1, 0.15) is 0 Å². The number of hydrogen-bond donors (Lipinski definition) is 1. The molecule has 0 aliphatic heterocycles. The molecule has 0 radical (unpaired) electrons. The highest BCUT2D eigenvalue weighted by Gasteiger charge is 2.16. The first-order valence-electron chi connectivity index (χ1n) is 6.85. The Bertz CT molecular complexity index is 556. The van der Waals surface area contributed by atoms with Crippen LogP contribution >= 0.6 is 0 Å². The van der Waals surface area contributed by atoms with E-state index in [1.807, 2.05) is 29.1 Å². The van der Waals surface area contributed by atoms with Crippen molar-refractivity contribution in [1.29, 1.82) is 0 Å². The van der Waals surface area contributed by atoms with Crippen LogP contribution in [0.15, 0.2) is 36.5 Å². The molecule has 0 atom stereocenters. The summed E-state index contributed by atoms with van der Waals surface area (Å²) in [6.45, 7) is 7.37. The number of aromatic nitrogens is 2. The SMILES string of the molecule is CC(C)(C)c1ccn(-c2cccc(COCCO)c2)n1. The quantitative estimate of drug-likeness (QED) is 0.853. The topological polar surface area (TPSA) is 47.3 Å². The molecule has 108 valence electrons. The maximum Gasteiger partial charge on any atom is 0.0718 e. The Morgan fingerprint density at radius 2 is 2.05 bits per heavy atom. The number of rotatable bonds is 5. The lowest BCUT2D eigenvalue weighted by Crippen LogP contribution is -2.12. The van der Waals surface area contributed by atoms with Gasteiger partial charge in [-0.2, -0.15) is 5.10 Å². The van der Waals surface area contributed by atoms with E-state index >= 15 is 0 Å². The van der Waals surface area contributed by atoms with Crippen LogP contribution in [0.5, 0.6) is 0 Å². The highest BCUT2D eigenvalue weighted by atomic mass is 16.5. The molecule has 0 aliphatic rings. The minimum atomic E-state index is 0.0487. The van der Waals surface area contributed by atoms with Crippen LogP contribution < -0.4 is 0 Å². The third-order valence-electron chi connectivity index (χ3n) is 3.04. The van der Waals surface area contributed by atoms with Gasteiger partial charge >= 0.3 is 0 Å². The number of hydrogen-bond acceptors (Lipinski definition) is 3. The van der Waals surface area contributed by atoms with E-state index in [2.05, 4.69) is 38.0 Å². The highest BCUT2D eigenvalue weighted by Crippen LogP contribution is 2.21. The molecule has 4 heteroatoms. The number of aliphatic hydroxyl groups excluding tert-OH is 1. The second-order valence-electron chi connectivity index (χ2n) is 5.84. The molecule has 0 amide bonds. The van der Waals surface area contributed by atoms with Crippen LogP contribution in [0.25, 0.3) is 5.69 Å². The van der Waals surface area contributed by atoms with E-state index in [1.54, 1.807) is 0 Å². The van der Waals surface area contributed by atoms with Crippen molar-refractivity contribution in [3.63, 3.8) is 0 Å².